The van der Waals surface area contributed by atoms with Gasteiger partial charge in [-0.3, -0.25) is 9.59 Å². The van der Waals surface area contributed by atoms with Crippen LogP contribution in [0.3, 0.4) is 0 Å². The van der Waals surface area contributed by atoms with E-state index in [-0.39, 0.29) is 18.4 Å². The molecule has 0 atom stereocenters. The molecule has 98 valence electrons. The monoisotopic (exact) mass is 276 g/mol. The smallest absolute Gasteiger partial charge is 0.326 e. The fourth-order valence-corrected chi connectivity index (χ4v) is 2.49. The highest BCUT2D eigenvalue weighted by Gasteiger charge is 2.23. The van der Waals surface area contributed by atoms with Crippen LogP contribution in [0, 0.1) is 11.3 Å². The largest absolute Gasteiger partial charge is 0.459 e. The standard InChI is InChI=1S/C13H12N2O3S/c14-7-10-2-1-3-11(6-10)9-18-12(16)8-15-4-5-19-13(15)17/h1-3,6H,4-5,8-9H2. The maximum Gasteiger partial charge on any atom is 0.326 e. The molecule has 1 aromatic rings. The maximum atomic E-state index is 11.6. The molecule has 0 N–H and O–H groups in total. The number of carbonyl (C=O) groups is 2. The van der Waals surface area contributed by atoms with Crippen LogP contribution >= 0.6 is 11.8 Å². The molecule has 1 fully saturated rings. The Morgan fingerprint density at radius 1 is 1.53 bits per heavy atom. The first-order valence-corrected chi connectivity index (χ1v) is 6.74. The number of nitrogens with zero attached hydrogens (tertiary/aromatic N) is 2. The van der Waals surface area contributed by atoms with E-state index >= 15 is 0 Å². The lowest BCUT2D eigenvalue weighted by atomic mass is 10.1. The summed E-state index contributed by atoms with van der Waals surface area (Å²) in [6, 6.07) is 8.90. The molecule has 0 spiro atoms. The van der Waals surface area contributed by atoms with E-state index < -0.39 is 5.97 Å². The molecule has 0 radical (unpaired) electrons. The molecule has 0 bridgehead atoms. The number of rotatable bonds is 4. The summed E-state index contributed by atoms with van der Waals surface area (Å²) < 4.78 is 5.09. The van der Waals surface area contributed by atoms with Gasteiger partial charge in [0, 0.05) is 12.3 Å². The molecule has 0 unspecified atom stereocenters. The van der Waals surface area contributed by atoms with Crippen molar-refractivity contribution in [1.82, 2.24) is 4.90 Å². The molecule has 6 heteroatoms. The summed E-state index contributed by atoms with van der Waals surface area (Å²) in [6.45, 7) is 0.690. The summed E-state index contributed by atoms with van der Waals surface area (Å²) in [6.07, 6.45) is 0. The number of nitriles is 1. The summed E-state index contributed by atoms with van der Waals surface area (Å²) in [5, 5.41) is 8.67. The van der Waals surface area contributed by atoms with Crippen LogP contribution in [0.25, 0.3) is 0 Å². The van der Waals surface area contributed by atoms with Crippen molar-refractivity contribution in [3.8, 4) is 6.07 Å². The quantitative estimate of drug-likeness (QED) is 0.784. The van der Waals surface area contributed by atoms with E-state index in [4.69, 9.17) is 10.00 Å². The van der Waals surface area contributed by atoms with Crippen molar-refractivity contribution < 1.29 is 14.3 Å². The topological polar surface area (TPSA) is 70.4 Å². The van der Waals surface area contributed by atoms with Crippen LogP contribution in [-0.2, 0) is 16.1 Å². The number of benzene rings is 1. The van der Waals surface area contributed by atoms with Crippen molar-refractivity contribution in [3.05, 3.63) is 35.4 Å². The second-order valence-corrected chi connectivity index (χ2v) is 5.05. The van der Waals surface area contributed by atoms with Crippen LogP contribution < -0.4 is 0 Å². The summed E-state index contributed by atoms with van der Waals surface area (Å²) in [4.78, 5) is 24.4. The molecule has 1 aliphatic heterocycles. The van der Waals surface area contributed by atoms with Gasteiger partial charge in [-0.15, -0.1) is 0 Å². The zero-order valence-electron chi connectivity index (χ0n) is 10.2. The van der Waals surface area contributed by atoms with E-state index in [1.807, 2.05) is 6.07 Å². The predicted molar refractivity (Wildman–Crippen MR) is 70.4 cm³/mol. The van der Waals surface area contributed by atoms with Gasteiger partial charge in [0.25, 0.3) is 5.24 Å². The molecule has 1 aliphatic rings. The molecule has 5 nitrogen and oxygen atoms in total. The fourth-order valence-electron chi connectivity index (χ4n) is 1.67. The van der Waals surface area contributed by atoms with Gasteiger partial charge in [-0.25, -0.2) is 0 Å². The number of ether oxygens (including phenoxy) is 1. The predicted octanol–water partition coefficient (Wildman–Crippen LogP) is 1.77. The van der Waals surface area contributed by atoms with Crippen LogP contribution in [0.4, 0.5) is 4.79 Å². The average molecular weight is 276 g/mol. The second-order valence-electron chi connectivity index (χ2n) is 4.01. The van der Waals surface area contributed by atoms with E-state index in [0.717, 1.165) is 11.3 Å². The first-order valence-electron chi connectivity index (χ1n) is 5.75. The molecule has 0 aromatic heterocycles. The maximum absolute atomic E-state index is 11.6. The van der Waals surface area contributed by atoms with Crippen molar-refractivity contribution >= 4 is 23.0 Å². The average Bonchev–Trinajstić information content (AvgIpc) is 2.82. The zero-order valence-corrected chi connectivity index (χ0v) is 11.0. The van der Waals surface area contributed by atoms with Gasteiger partial charge in [0.2, 0.25) is 0 Å². The van der Waals surface area contributed by atoms with Gasteiger partial charge in [-0.1, -0.05) is 23.9 Å². The normalized spacial score (nSPS) is 14.3. The Kier molecular flexibility index (Phi) is 4.42. The Morgan fingerprint density at radius 2 is 2.37 bits per heavy atom. The van der Waals surface area contributed by atoms with Crippen molar-refractivity contribution in [2.45, 2.75) is 6.61 Å². The minimum Gasteiger partial charge on any atom is -0.459 e. The third-order valence-corrected chi connectivity index (χ3v) is 3.51. The Hall–Kier alpha value is -2.00. The number of hydrogen-bond acceptors (Lipinski definition) is 5. The third-order valence-electron chi connectivity index (χ3n) is 2.62. The van der Waals surface area contributed by atoms with Crippen LogP contribution in [0.15, 0.2) is 24.3 Å². The van der Waals surface area contributed by atoms with Crippen molar-refractivity contribution in [1.29, 1.82) is 5.26 Å². The molecule has 1 heterocycles. The van der Waals surface area contributed by atoms with E-state index in [0.29, 0.717) is 12.1 Å². The van der Waals surface area contributed by atoms with Gasteiger partial charge in [-0.05, 0) is 17.7 Å². The zero-order chi connectivity index (χ0) is 13.7. The SMILES string of the molecule is N#Cc1cccc(COC(=O)CN2CCSC2=O)c1. The van der Waals surface area contributed by atoms with Crippen LogP contribution in [0.2, 0.25) is 0 Å². The lowest BCUT2D eigenvalue weighted by Crippen LogP contribution is -2.30. The van der Waals surface area contributed by atoms with Crippen molar-refractivity contribution in [2.24, 2.45) is 0 Å². The number of esters is 1. The molecular formula is C13H12N2O3S. The van der Waals surface area contributed by atoms with E-state index in [1.54, 1.807) is 24.3 Å². The van der Waals surface area contributed by atoms with Gasteiger partial charge in [-0.2, -0.15) is 5.26 Å². The van der Waals surface area contributed by atoms with Crippen molar-refractivity contribution in [3.63, 3.8) is 0 Å². The third kappa shape index (κ3) is 3.73. The first kappa shape index (κ1) is 13.4. The van der Waals surface area contributed by atoms with Crippen molar-refractivity contribution in [2.75, 3.05) is 18.8 Å². The highest BCUT2D eigenvalue weighted by molar-refractivity contribution is 8.13. The lowest BCUT2D eigenvalue weighted by molar-refractivity contribution is -0.145. The van der Waals surface area contributed by atoms with Gasteiger partial charge in [0.15, 0.2) is 0 Å². The van der Waals surface area contributed by atoms with Gasteiger partial charge >= 0.3 is 5.97 Å². The van der Waals surface area contributed by atoms with E-state index in [9.17, 15) is 9.59 Å². The van der Waals surface area contributed by atoms with Gasteiger partial charge in [0.05, 0.1) is 11.6 Å². The molecule has 1 saturated heterocycles. The molecular weight excluding hydrogens is 264 g/mol. The number of carbonyl (C=O) groups excluding carboxylic acids is 2. The Morgan fingerprint density at radius 3 is 3.05 bits per heavy atom. The molecule has 0 aliphatic carbocycles. The number of hydrogen-bond donors (Lipinski definition) is 0. The van der Waals surface area contributed by atoms with Crippen LogP contribution in [0.5, 0.6) is 0 Å². The molecule has 1 amide bonds. The molecule has 0 saturated carbocycles. The highest BCUT2D eigenvalue weighted by atomic mass is 32.2. The second kappa shape index (κ2) is 6.25. The Labute approximate surface area is 115 Å². The summed E-state index contributed by atoms with van der Waals surface area (Å²) in [7, 11) is 0. The molecule has 19 heavy (non-hydrogen) atoms. The van der Waals surface area contributed by atoms with E-state index in [1.165, 1.54) is 16.7 Å². The van der Waals surface area contributed by atoms with Gasteiger partial charge < -0.3 is 9.64 Å². The summed E-state index contributed by atoms with van der Waals surface area (Å²) in [5.74, 6) is 0.286. The number of thioether (sulfide) groups is 1. The summed E-state index contributed by atoms with van der Waals surface area (Å²) in [5.41, 5.74) is 1.29. The van der Waals surface area contributed by atoms with E-state index in [2.05, 4.69) is 0 Å². The first-order chi connectivity index (χ1) is 9.19. The number of amides is 1. The minimum absolute atomic E-state index is 0.0101. The Bertz CT molecular complexity index is 539. The highest BCUT2D eigenvalue weighted by Crippen LogP contribution is 2.16. The lowest BCUT2D eigenvalue weighted by Gasteiger charge is -2.13. The molecule has 1 aromatic carbocycles. The van der Waals surface area contributed by atoms with Crippen LogP contribution in [0.1, 0.15) is 11.1 Å². The Balaban J connectivity index is 1.83. The van der Waals surface area contributed by atoms with Gasteiger partial charge in [0.1, 0.15) is 13.2 Å². The van der Waals surface area contributed by atoms with Crippen LogP contribution in [-0.4, -0.2) is 35.0 Å². The minimum atomic E-state index is -0.432. The fraction of sp³-hybridized carbons (Fsp3) is 0.308. The molecule has 2 rings (SSSR count). The summed E-state index contributed by atoms with van der Waals surface area (Å²) >= 11 is 1.21.